The van der Waals surface area contributed by atoms with Crippen molar-refractivity contribution >= 4 is 34.8 Å². The van der Waals surface area contributed by atoms with Gasteiger partial charge in [-0.05, 0) is 30.3 Å². The number of rotatable bonds is 4. The molecule has 2 aromatic carbocycles. The smallest absolute Gasteiger partial charge is 0.422 e. The molecule has 1 amide bonds. The zero-order valence-corrected chi connectivity index (χ0v) is 13.0. The van der Waals surface area contributed by atoms with Crippen LogP contribution in [0.3, 0.4) is 0 Å². The van der Waals surface area contributed by atoms with Crippen molar-refractivity contribution in [3.05, 3.63) is 58.1 Å². The summed E-state index contributed by atoms with van der Waals surface area (Å²) in [5.74, 6) is -0.734. The molecule has 0 unspecified atom stereocenters. The predicted octanol–water partition coefficient (Wildman–Crippen LogP) is 5.19. The van der Waals surface area contributed by atoms with Gasteiger partial charge < -0.3 is 10.1 Å². The Labute approximate surface area is 140 Å². The minimum Gasteiger partial charge on any atom is -0.482 e. The van der Waals surface area contributed by atoms with Crippen molar-refractivity contribution in [1.29, 1.82) is 0 Å². The van der Waals surface area contributed by atoms with Gasteiger partial charge in [0.2, 0.25) is 0 Å². The Kier molecular flexibility index (Phi) is 5.38. The first-order valence-corrected chi connectivity index (χ1v) is 7.07. The summed E-state index contributed by atoms with van der Waals surface area (Å²) in [7, 11) is 0. The fourth-order valence-corrected chi connectivity index (χ4v) is 2.11. The average molecular weight is 364 g/mol. The molecule has 23 heavy (non-hydrogen) atoms. The van der Waals surface area contributed by atoms with E-state index in [0.29, 0.717) is 0 Å². The van der Waals surface area contributed by atoms with Crippen LogP contribution >= 0.6 is 23.2 Å². The van der Waals surface area contributed by atoms with Crippen molar-refractivity contribution in [1.82, 2.24) is 0 Å². The lowest BCUT2D eigenvalue weighted by Crippen LogP contribution is -2.20. The molecule has 1 N–H and O–H groups in total. The number of carbonyl (C=O) groups is 1. The number of ether oxygens (including phenoxy) is 1. The molecule has 0 aromatic heterocycles. The monoisotopic (exact) mass is 363 g/mol. The molecule has 2 rings (SSSR count). The molecule has 0 heterocycles. The molecule has 122 valence electrons. The second-order valence-electron chi connectivity index (χ2n) is 4.48. The normalized spacial score (nSPS) is 11.2. The highest BCUT2D eigenvalue weighted by molar-refractivity contribution is 6.34. The molecule has 0 atom stereocenters. The number of anilines is 1. The zero-order chi connectivity index (χ0) is 17.0. The number of benzene rings is 2. The summed E-state index contributed by atoms with van der Waals surface area (Å²) in [6, 6.07) is 10.2. The predicted molar refractivity (Wildman–Crippen MR) is 82.4 cm³/mol. The van der Waals surface area contributed by atoms with Gasteiger partial charge in [-0.2, -0.15) is 13.2 Å². The zero-order valence-electron chi connectivity index (χ0n) is 11.5. The third kappa shape index (κ3) is 5.04. The number of nitrogens with one attached hydrogen (secondary N) is 1. The first-order valence-electron chi connectivity index (χ1n) is 6.31. The summed E-state index contributed by atoms with van der Waals surface area (Å²) in [5.41, 5.74) is 0.197. The van der Waals surface area contributed by atoms with Gasteiger partial charge in [-0.25, -0.2) is 0 Å². The Morgan fingerprint density at radius 3 is 2.48 bits per heavy atom. The average Bonchev–Trinajstić information content (AvgIpc) is 2.45. The largest absolute Gasteiger partial charge is 0.482 e. The van der Waals surface area contributed by atoms with Crippen LogP contribution in [0.5, 0.6) is 5.75 Å². The van der Waals surface area contributed by atoms with Gasteiger partial charge in [-0.15, -0.1) is 0 Å². The maximum atomic E-state index is 12.3. The Morgan fingerprint density at radius 2 is 1.83 bits per heavy atom. The molecule has 3 nitrogen and oxygen atoms in total. The Morgan fingerprint density at radius 1 is 1.13 bits per heavy atom. The topological polar surface area (TPSA) is 38.3 Å². The lowest BCUT2D eigenvalue weighted by atomic mass is 10.2. The van der Waals surface area contributed by atoms with Gasteiger partial charge in [-0.3, -0.25) is 4.79 Å². The van der Waals surface area contributed by atoms with E-state index < -0.39 is 18.7 Å². The van der Waals surface area contributed by atoms with E-state index in [1.165, 1.54) is 30.3 Å². The third-order valence-corrected chi connectivity index (χ3v) is 3.26. The molecule has 0 bridgehead atoms. The van der Waals surface area contributed by atoms with Gasteiger partial charge in [0.05, 0.1) is 16.3 Å². The van der Waals surface area contributed by atoms with Crippen LogP contribution in [0.15, 0.2) is 42.5 Å². The quantitative estimate of drug-likeness (QED) is 0.811. The van der Waals surface area contributed by atoms with E-state index in [0.717, 1.165) is 0 Å². The van der Waals surface area contributed by atoms with Crippen molar-refractivity contribution in [3.63, 3.8) is 0 Å². The third-order valence-electron chi connectivity index (χ3n) is 2.70. The fourth-order valence-electron chi connectivity index (χ4n) is 1.72. The van der Waals surface area contributed by atoms with Gasteiger partial charge in [0, 0.05) is 5.02 Å². The highest BCUT2D eigenvalue weighted by Gasteiger charge is 2.29. The first kappa shape index (κ1) is 17.4. The Balaban J connectivity index is 2.23. The van der Waals surface area contributed by atoms with Crippen LogP contribution in [0.1, 0.15) is 10.4 Å². The van der Waals surface area contributed by atoms with Crippen LogP contribution in [0.25, 0.3) is 0 Å². The van der Waals surface area contributed by atoms with Crippen molar-refractivity contribution in [2.75, 3.05) is 11.9 Å². The second kappa shape index (κ2) is 7.10. The standard InChI is InChI=1S/C15H10Cl2F3NO2/c16-9-5-6-13(23-8-15(18,19)20)12(7-9)21-14(22)10-3-1-2-4-11(10)17/h1-7H,8H2,(H,21,22). The second-order valence-corrected chi connectivity index (χ2v) is 5.32. The number of carbonyl (C=O) groups excluding carboxylic acids is 1. The van der Waals surface area contributed by atoms with E-state index in [1.807, 2.05) is 0 Å². The van der Waals surface area contributed by atoms with Crippen LogP contribution in [-0.4, -0.2) is 18.7 Å². The lowest BCUT2D eigenvalue weighted by Gasteiger charge is -2.14. The van der Waals surface area contributed by atoms with Gasteiger partial charge in [0.25, 0.3) is 5.91 Å². The SMILES string of the molecule is O=C(Nc1cc(Cl)ccc1OCC(F)(F)F)c1ccccc1Cl. The van der Waals surface area contributed by atoms with Crippen molar-refractivity contribution in [2.24, 2.45) is 0 Å². The minimum atomic E-state index is -4.50. The molecule has 0 saturated heterocycles. The van der Waals surface area contributed by atoms with Crippen molar-refractivity contribution < 1.29 is 22.7 Å². The molecule has 0 fully saturated rings. The molecule has 0 spiro atoms. The number of hydrogen-bond donors (Lipinski definition) is 1. The summed E-state index contributed by atoms with van der Waals surface area (Å²) < 4.78 is 41.5. The molecule has 2 aromatic rings. The summed E-state index contributed by atoms with van der Waals surface area (Å²) in [5, 5.41) is 2.89. The van der Waals surface area contributed by atoms with E-state index in [1.54, 1.807) is 12.1 Å². The van der Waals surface area contributed by atoms with Crippen LogP contribution < -0.4 is 10.1 Å². The molecule has 8 heteroatoms. The maximum Gasteiger partial charge on any atom is 0.422 e. The van der Waals surface area contributed by atoms with Gasteiger partial charge in [0.15, 0.2) is 6.61 Å². The summed E-state index contributed by atoms with van der Waals surface area (Å²) in [6.45, 7) is -1.48. The number of halogens is 5. The van der Waals surface area contributed by atoms with Gasteiger partial charge in [-0.1, -0.05) is 35.3 Å². The Hall–Kier alpha value is -1.92. The number of hydrogen-bond acceptors (Lipinski definition) is 2. The minimum absolute atomic E-state index is 0.0201. The Bertz CT molecular complexity index is 720. The summed E-state index contributed by atoms with van der Waals surface area (Å²) >= 11 is 11.7. The number of alkyl halides is 3. The highest BCUT2D eigenvalue weighted by atomic mass is 35.5. The summed E-state index contributed by atoms with van der Waals surface area (Å²) in [6.07, 6.45) is -4.50. The molecule has 0 radical (unpaired) electrons. The highest BCUT2D eigenvalue weighted by Crippen LogP contribution is 2.30. The fraction of sp³-hybridized carbons (Fsp3) is 0.133. The van der Waals surface area contributed by atoms with E-state index >= 15 is 0 Å². The molecule has 0 aliphatic rings. The van der Waals surface area contributed by atoms with E-state index in [-0.39, 0.29) is 27.0 Å². The van der Waals surface area contributed by atoms with Crippen molar-refractivity contribution in [2.45, 2.75) is 6.18 Å². The van der Waals surface area contributed by atoms with Crippen molar-refractivity contribution in [3.8, 4) is 5.75 Å². The van der Waals surface area contributed by atoms with E-state index in [4.69, 9.17) is 27.9 Å². The first-order chi connectivity index (χ1) is 10.8. The van der Waals surface area contributed by atoms with E-state index in [2.05, 4.69) is 5.32 Å². The lowest BCUT2D eigenvalue weighted by molar-refractivity contribution is -0.153. The van der Waals surface area contributed by atoms with E-state index in [9.17, 15) is 18.0 Å². The van der Waals surface area contributed by atoms with Gasteiger partial charge in [0.1, 0.15) is 5.75 Å². The van der Waals surface area contributed by atoms with Crippen LogP contribution in [-0.2, 0) is 0 Å². The van der Waals surface area contributed by atoms with Crippen LogP contribution in [0.2, 0.25) is 10.0 Å². The molecule has 0 aliphatic heterocycles. The molecule has 0 saturated carbocycles. The molecular formula is C15H10Cl2F3NO2. The summed E-state index contributed by atoms with van der Waals surface area (Å²) in [4.78, 5) is 12.2. The maximum absolute atomic E-state index is 12.3. The van der Waals surface area contributed by atoms with Crippen LogP contribution in [0.4, 0.5) is 18.9 Å². The molecule has 0 aliphatic carbocycles. The number of amides is 1. The van der Waals surface area contributed by atoms with Gasteiger partial charge >= 0.3 is 6.18 Å². The van der Waals surface area contributed by atoms with Crippen LogP contribution in [0, 0.1) is 0 Å². The molecular weight excluding hydrogens is 354 g/mol.